The van der Waals surface area contributed by atoms with Gasteiger partial charge in [0.05, 0.1) is 19.3 Å². The Morgan fingerprint density at radius 3 is 2.48 bits per heavy atom. The van der Waals surface area contributed by atoms with Crippen molar-refractivity contribution >= 4 is 0 Å². The lowest BCUT2D eigenvalue weighted by atomic mass is 9.93. The molecule has 0 aromatic carbocycles. The van der Waals surface area contributed by atoms with Crippen LogP contribution in [0.3, 0.4) is 0 Å². The highest BCUT2D eigenvalue weighted by atomic mass is 16.5. The summed E-state index contributed by atoms with van der Waals surface area (Å²) in [6.45, 7) is 5.12. The number of nitriles is 1. The first-order valence-corrected chi connectivity index (χ1v) is 8.06. The van der Waals surface area contributed by atoms with Crippen molar-refractivity contribution in [1.29, 1.82) is 5.26 Å². The molecule has 2 fully saturated rings. The molecule has 2 unspecified atom stereocenters. The van der Waals surface area contributed by atoms with E-state index in [2.05, 4.69) is 23.2 Å². The molecule has 2 aliphatic carbocycles. The summed E-state index contributed by atoms with van der Waals surface area (Å²) in [5.41, 5.74) is -0.392. The first kappa shape index (κ1) is 16.7. The van der Waals surface area contributed by atoms with Crippen LogP contribution in [0.5, 0.6) is 0 Å². The minimum Gasteiger partial charge on any atom is -0.383 e. The summed E-state index contributed by atoms with van der Waals surface area (Å²) in [6, 6.07) is 3.46. The SMILES string of the molecule is COCCN(CC(C#N)(NC1CC1)C1CC1)C(C)COC. The Balaban J connectivity index is 2.03. The van der Waals surface area contributed by atoms with Crippen LogP contribution in [-0.4, -0.2) is 63.0 Å². The molecule has 0 amide bonds. The molecular weight excluding hydrogens is 266 g/mol. The van der Waals surface area contributed by atoms with Crippen molar-refractivity contribution in [2.24, 2.45) is 5.92 Å². The van der Waals surface area contributed by atoms with E-state index < -0.39 is 5.54 Å². The van der Waals surface area contributed by atoms with E-state index >= 15 is 0 Å². The van der Waals surface area contributed by atoms with Crippen molar-refractivity contribution in [3.05, 3.63) is 0 Å². The van der Waals surface area contributed by atoms with E-state index in [1.54, 1.807) is 14.2 Å². The van der Waals surface area contributed by atoms with Crippen molar-refractivity contribution in [2.75, 3.05) is 40.5 Å². The van der Waals surface area contributed by atoms with E-state index in [9.17, 15) is 5.26 Å². The van der Waals surface area contributed by atoms with Gasteiger partial charge in [-0.3, -0.25) is 10.2 Å². The summed E-state index contributed by atoms with van der Waals surface area (Å²) in [5.74, 6) is 0.503. The smallest absolute Gasteiger partial charge is 0.122 e. The number of hydrogen-bond donors (Lipinski definition) is 1. The van der Waals surface area contributed by atoms with Crippen LogP contribution in [-0.2, 0) is 9.47 Å². The number of methoxy groups -OCH3 is 2. The van der Waals surface area contributed by atoms with Crippen molar-refractivity contribution in [3.63, 3.8) is 0 Å². The Bertz CT molecular complexity index is 363. The predicted octanol–water partition coefficient (Wildman–Crippen LogP) is 1.39. The summed E-state index contributed by atoms with van der Waals surface area (Å²) in [4.78, 5) is 2.34. The molecular formula is C16H29N3O2. The summed E-state index contributed by atoms with van der Waals surface area (Å²) in [6.07, 6.45) is 4.76. The van der Waals surface area contributed by atoms with Gasteiger partial charge in [-0.2, -0.15) is 5.26 Å². The molecule has 5 heteroatoms. The molecule has 0 radical (unpaired) electrons. The van der Waals surface area contributed by atoms with Crippen molar-refractivity contribution < 1.29 is 9.47 Å². The Morgan fingerprint density at radius 2 is 2.00 bits per heavy atom. The van der Waals surface area contributed by atoms with Crippen molar-refractivity contribution in [3.8, 4) is 6.07 Å². The average molecular weight is 295 g/mol. The number of ether oxygens (including phenoxy) is 2. The fourth-order valence-electron chi connectivity index (χ4n) is 2.95. The summed E-state index contributed by atoms with van der Waals surface area (Å²) < 4.78 is 10.5. The molecule has 0 heterocycles. The quantitative estimate of drug-likeness (QED) is 0.624. The lowest BCUT2D eigenvalue weighted by Gasteiger charge is -2.37. The minimum absolute atomic E-state index is 0.289. The zero-order chi connectivity index (χ0) is 15.3. The van der Waals surface area contributed by atoms with Gasteiger partial charge in [0.25, 0.3) is 0 Å². The zero-order valence-corrected chi connectivity index (χ0v) is 13.6. The highest BCUT2D eigenvalue weighted by molar-refractivity contribution is 5.18. The maximum absolute atomic E-state index is 9.85. The molecule has 2 saturated carbocycles. The van der Waals surface area contributed by atoms with Gasteiger partial charge in [-0.1, -0.05) is 0 Å². The van der Waals surface area contributed by atoms with E-state index in [1.807, 2.05) is 0 Å². The molecule has 0 aromatic heterocycles. The van der Waals surface area contributed by atoms with Crippen LogP contribution in [0.4, 0.5) is 0 Å². The van der Waals surface area contributed by atoms with Gasteiger partial charge < -0.3 is 9.47 Å². The number of rotatable bonds is 11. The van der Waals surface area contributed by atoms with Crippen LogP contribution >= 0.6 is 0 Å². The molecule has 2 atom stereocenters. The largest absolute Gasteiger partial charge is 0.383 e. The van der Waals surface area contributed by atoms with Crippen molar-refractivity contribution in [1.82, 2.24) is 10.2 Å². The van der Waals surface area contributed by atoms with Gasteiger partial charge in [0.1, 0.15) is 5.54 Å². The number of nitrogens with one attached hydrogen (secondary N) is 1. The number of hydrogen-bond acceptors (Lipinski definition) is 5. The van der Waals surface area contributed by atoms with Gasteiger partial charge in [-0.05, 0) is 38.5 Å². The second-order valence-corrected chi connectivity index (χ2v) is 6.54. The van der Waals surface area contributed by atoms with Crippen molar-refractivity contribution in [2.45, 2.75) is 50.2 Å². The number of nitrogens with zero attached hydrogens (tertiary/aromatic N) is 2. The van der Waals surface area contributed by atoms with Crippen LogP contribution in [0.1, 0.15) is 32.6 Å². The normalized spacial score (nSPS) is 22.8. The van der Waals surface area contributed by atoms with Gasteiger partial charge in [0.2, 0.25) is 0 Å². The molecule has 120 valence electrons. The highest BCUT2D eigenvalue weighted by Gasteiger charge is 2.49. The van der Waals surface area contributed by atoms with E-state index in [4.69, 9.17) is 9.47 Å². The molecule has 5 nitrogen and oxygen atoms in total. The van der Waals surface area contributed by atoms with Gasteiger partial charge >= 0.3 is 0 Å². The third-order valence-electron chi connectivity index (χ3n) is 4.58. The fourth-order valence-corrected chi connectivity index (χ4v) is 2.95. The average Bonchev–Trinajstić information content (AvgIpc) is 3.35. The second kappa shape index (κ2) is 7.55. The van der Waals surface area contributed by atoms with E-state index in [0.717, 1.165) is 13.1 Å². The van der Waals surface area contributed by atoms with Gasteiger partial charge in [0.15, 0.2) is 0 Å². The second-order valence-electron chi connectivity index (χ2n) is 6.54. The lowest BCUT2D eigenvalue weighted by Crippen LogP contribution is -2.57. The Hall–Kier alpha value is -0.670. The molecule has 0 bridgehead atoms. The molecule has 0 aliphatic heterocycles. The monoisotopic (exact) mass is 295 g/mol. The van der Waals surface area contributed by atoms with Crippen LogP contribution in [0, 0.1) is 17.2 Å². The maximum atomic E-state index is 9.85. The molecule has 0 spiro atoms. The molecule has 2 rings (SSSR count). The maximum Gasteiger partial charge on any atom is 0.122 e. The Morgan fingerprint density at radius 1 is 1.29 bits per heavy atom. The minimum atomic E-state index is -0.392. The third kappa shape index (κ3) is 4.65. The first-order valence-electron chi connectivity index (χ1n) is 8.06. The van der Waals surface area contributed by atoms with Crippen LogP contribution in [0.2, 0.25) is 0 Å². The van der Waals surface area contributed by atoms with E-state index in [-0.39, 0.29) is 6.04 Å². The Labute approximate surface area is 128 Å². The van der Waals surface area contributed by atoms with Gasteiger partial charge in [-0.25, -0.2) is 0 Å². The molecule has 0 aromatic rings. The van der Waals surface area contributed by atoms with Crippen LogP contribution in [0.15, 0.2) is 0 Å². The Kier molecular flexibility index (Phi) is 6.00. The highest BCUT2D eigenvalue weighted by Crippen LogP contribution is 2.42. The molecule has 2 aliphatic rings. The zero-order valence-electron chi connectivity index (χ0n) is 13.6. The summed E-state index contributed by atoms with van der Waals surface area (Å²) >= 11 is 0. The van der Waals surface area contributed by atoms with E-state index in [0.29, 0.717) is 25.2 Å². The molecule has 21 heavy (non-hydrogen) atoms. The third-order valence-corrected chi connectivity index (χ3v) is 4.58. The van der Waals surface area contributed by atoms with Crippen LogP contribution in [0.25, 0.3) is 0 Å². The fraction of sp³-hybridized carbons (Fsp3) is 0.938. The standard InChI is InChI=1S/C16H29N3O2/c1-13(10-21-3)19(8-9-20-2)12-16(11-17,14-4-5-14)18-15-6-7-15/h13-15,18H,4-10,12H2,1-3H3. The van der Waals surface area contributed by atoms with E-state index in [1.165, 1.54) is 25.7 Å². The lowest BCUT2D eigenvalue weighted by molar-refractivity contribution is 0.0584. The topological polar surface area (TPSA) is 57.5 Å². The van der Waals surface area contributed by atoms with Gasteiger partial charge in [0, 0.05) is 39.4 Å². The van der Waals surface area contributed by atoms with Gasteiger partial charge in [-0.15, -0.1) is 0 Å². The first-order chi connectivity index (χ1) is 10.1. The molecule has 0 saturated heterocycles. The van der Waals surface area contributed by atoms with Crippen LogP contribution < -0.4 is 5.32 Å². The molecule has 1 N–H and O–H groups in total. The predicted molar refractivity (Wildman–Crippen MR) is 82.0 cm³/mol. The summed E-state index contributed by atoms with van der Waals surface area (Å²) in [5, 5.41) is 13.5. The summed E-state index contributed by atoms with van der Waals surface area (Å²) in [7, 11) is 3.45.